The number of hydrogen-bond acceptors (Lipinski definition) is 7. The number of aryl methyl sites for hydroxylation is 1. The molecule has 3 aromatic carbocycles. The van der Waals surface area contributed by atoms with E-state index < -0.39 is 16.0 Å². The molecule has 0 amide bonds. The Bertz CT molecular complexity index is 1560. The van der Waals surface area contributed by atoms with Crippen molar-refractivity contribution >= 4 is 38.3 Å². The Hall–Kier alpha value is -3.82. The zero-order valence-corrected chi connectivity index (χ0v) is 21.6. The topological polar surface area (TPSA) is 101 Å². The first-order valence-corrected chi connectivity index (χ1v) is 13.6. The number of anilines is 2. The maximum absolute atomic E-state index is 13.4. The van der Waals surface area contributed by atoms with E-state index >= 15 is 0 Å². The summed E-state index contributed by atoms with van der Waals surface area (Å²) in [4.78, 5) is 12.0. The third-order valence-corrected chi connectivity index (χ3v) is 8.69. The van der Waals surface area contributed by atoms with Gasteiger partial charge in [0.2, 0.25) is 10.0 Å². The van der Waals surface area contributed by atoms with Crippen molar-refractivity contribution in [2.24, 2.45) is 0 Å². The van der Waals surface area contributed by atoms with E-state index in [0.29, 0.717) is 46.2 Å². The van der Waals surface area contributed by atoms with Crippen LogP contribution < -0.4 is 5.32 Å². The summed E-state index contributed by atoms with van der Waals surface area (Å²) in [6.07, 6.45) is 2.82. The molecule has 37 heavy (non-hydrogen) atoms. The SMILES string of the molecule is COC(=O)c1ccc(Nc2nnc(-c3ccc(C)c(S(=O)(=O)N4CCCCC4)c3)c3ccccc23)cc1. The highest BCUT2D eigenvalue weighted by molar-refractivity contribution is 7.89. The lowest BCUT2D eigenvalue weighted by Crippen LogP contribution is -2.35. The zero-order chi connectivity index (χ0) is 26.0. The number of carbonyl (C=O) groups is 1. The van der Waals surface area contributed by atoms with Crippen LogP contribution in [0.15, 0.2) is 71.6 Å². The van der Waals surface area contributed by atoms with E-state index in [1.807, 2.05) is 43.3 Å². The second-order valence-electron chi connectivity index (χ2n) is 9.08. The Kier molecular flexibility index (Phi) is 6.90. The van der Waals surface area contributed by atoms with Gasteiger partial charge < -0.3 is 10.1 Å². The Morgan fingerprint density at radius 1 is 0.919 bits per heavy atom. The molecule has 1 fully saturated rings. The van der Waals surface area contributed by atoms with Crippen LogP contribution in [0.1, 0.15) is 35.2 Å². The molecule has 0 unspecified atom stereocenters. The number of ether oxygens (including phenoxy) is 1. The summed E-state index contributed by atoms with van der Waals surface area (Å²) in [7, 11) is -2.25. The molecule has 1 aliphatic heterocycles. The van der Waals surface area contributed by atoms with Crippen LogP contribution in [0.25, 0.3) is 22.0 Å². The van der Waals surface area contributed by atoms with E-state index in [-0.39, 0.29) is 0 Å². The maximum atomic E-state index is 13.4. The van der Waals surface area contributed by atoms with Gasteiger partial charge >= 0.3 is 5.97 Å². The Morgan fingerprint density at radius 2 is 1.62 bits per heavy atom. The van der Waals surface area contributed by atoms with Crippen LogP contribution in [0.3, 0.4) is 0 Å². The summed E-state index contributed by atoms with van der Waals surface area (Å²) < 4.78 is 33.2. The summed E-state index contributed by atoms with van der Waals surface area (Å²) in [5, 5.41) is 13.9. The Balaban J connectivity index is 1.52. The molecule has 9 heteroatoms. The van der Waals surface area contributed by atoms with Crippen LogP contribution >= 0.6 is 0 Å². The molecule has 1 aliphatic rings. The van der Waals surface area contributed by atoms with Gasteiger partial charge in [0.25, 0.3) is 0 Å². The number of esters is 1. The van der Waals surface area contributed by atoms with Gasteiger partial charge in [-0.1, -0.05) is 42.8 Å². The minimum Gasteiger partial charge on any atom is -0.465 e. The number of rotatable bonds is 6. The number of hydrogen-bond donors (Lipinski definition) is 1. The molecule has 4 aromatic rings. The molecular weight excluding hydrogens is 488 g/mol. The quantitative estimate of drug-likeness (QED) is 0.347. The van der Waals surface area contributed by atoms with Gasteiger partial charge in [-0.25, -0.2) is 13.2 Å². The number of benzene rings is 3. The monoisotopic (exact) mass is 516 g/mol. The van der Waals surface area contributed by atoms with Crippen LogP contribution in [0.4, 0.5) is 11.5 Å². The van der Waals surface area contributed by atoms with Crippen LogP contribution in [-0.2, 0) is 14.8 Å². The number of methoxy groups -OCH3 is 1. The summed E-state index contributed by atoms with van der Waals surface area (Å²) >= 11 is 0. The number of fused-ring (bicyclic) bond motifs is 1. The molecule has 0 aliphatic carbocycles. The third-order valence-electron chi connectivity index (χ3n) is 6.65. The van der Waals surface area contributed by atoms with Crippen molar-refractivity contribution in [2.75, 3.05) is 25.5 Å². The fourth-order valence-electron chi connectivity index (χ4n) is 4.62. The highest BCUT2D eigenvalue weighted by Gasteiger charge is 2.28. The molecule has 2 heterocycles. The number of nitrogens with zero attached hydrogens (tertiary/aromatic N) is 3. The van der Waals surface area contributed by atoms with Crippen LogP contribution in [-0.4, -0.2) is 49.1 Å². The second kappa shape index (κ2) is 10.3. The van der Waals surface area contributed by atoms with Gasteiger partial charge in [0.05, 0.1) is 17.6 Å². The van der Waals surface area contributed by atoms with Crippen molar-refractivity contribution in [3.05, 3.63) is 77.9 Å². The minimum atomic E-state index is -3.60. The van der Waals surface area contributed by atoms with Gasteiger partial charge in [-0.3, -0.25) is 0 Å². The van der Waals surface area contributed by atoms with Crippen LogP contribution in [0.2, 0.25) is 0 Å². The average Bonchev–Trinajstić information content (AvgIpc) is 2.94. The molecular formula is C28H28N4O4S. The van der Waals surface area contributed by atoms with E-state index in [2.05, 4.69) is 15.5 Å². The molecule has 5 rings (SSSR count). The van der Waals surface area contributed by atoms with Crippen LogP contribution in [0.5, 0.6) is 0 Å². The lowest BCUT2D eigenvalue weighted by molar-refractivity contribution is 0.0600. The molecule has 1 saturated heterocycles. The van der Waals surface area contributed by atoms with Crippen molar-refractivity contribution in [1.82, 2.24) is 14.5 Å². The van der Waals surface area contributed by atoms with E-state index in [1.165, 1.54) is 7.11 Å². The first-order valence-electron chi connectivity index (χ1n) is 12.2. The summed E-state index contributed by atoms with van der Waals surface area (Å²) in [6, 6.07) is 20.1. The fourth-order valence-corrected chi connectivity index (χ4v) is 6.39. The maximum Gasteiger partial charge on any atom is 0.337 e. The van der Waals surface area contributed by atoms with Gasteiger partial charge in [-0.2, -0.15) is 4.31 Å². The van der Waals surface area contributed by atoms with Crippen molar-refractivity contribution in [3.63, 3.8) is 0 Å². The zero-order valence-electron chi connectivity index (χ0n) is 20.8. The van der Waals surface area contributed by atoms with Gasteiger partial charge in [-0.15, -0.1) is 10.2 Å². The van der Waals surface area contributed by atoms with E-state index in [4.69, 9.17) is 4.74 Å². The predicted molar refractivity (Wildman–Crippen MR) is 143 cm³/mol. The number of piperidine rings is 1. The van der Waals surface area contributed by atoms with Crippen LogP contribution in [0, 0.1) is 6.92 Å². The number of sulfonamides is 1. The summed E-state index contributed by atoms with van der Waals surface area (Å²) in [5.74, 6) is 0.152. The second-order valence-corrected chi connectivity index (χ2v) is 11.0. The molecule has 0 radical (unpaired) electrons. The first kappa shape index (κ1) is 24.9. The highest BCUT2D eigenvalue weighted by Crippen LogP contribution is 2.33. The predicted octanol–water partition coefficient (Wildman–Crippen LogP) is 5.31. The number of carbonyl (C=O) groups excluding carboxylic acids is 1. The van der Waals surface area contributed by atoms with Gasteiger partial charge in [-0.05, 0) is 55.7 Å². The lowest BCUT2D eigenvalue weighted by atomic mass is 10.0. The van der Waals surface area contributed by atoms with E-state index in [0.717, 1.165) is 35.7 Å². The molecule has 0 bridgehead atoms. The van der Waals surface area contributed by atoms with E-state index in [9.17, 15) is 13.2 Å². The smallest absolute Gasteiger partial charge is 0.337 e. The first-order chi connectivity index (χ1) is 17.9. The van der Waals surface area contributed by atoms with Crippen molar-refractivity contribution in [1.29, 1.82) is 0 Å². The Morgan fingerprint density at radius 3 is 2.32 bits per heavy atom. The fraction of sp³-hybridized carbons (Fsp3) is 0.250. The molecule has 0 saturated carbocycles. The molecule has 1 aromatic heterocycles. The number of aromatic nitrogens is 2. The van der Waals surface area contributed by atoms with Gasteiger partial charge in [0, 0.05) is 35.1 Å². The van der Waals surface area contributed by atoms with Crippen molar-refractivity contribution in [2.45, 2.75) is 31.1 Å². The molecule has 8 nitrogen and oxygen atoms in total. The molecule has 1 N–H and O–H groups in total. The standard InChI is InChI=1S/C28H28N4O4S/c1-19-10-11-21(18-25(19)37(34,35)32-16-6-3-7-17-32)26-23-8-4-5-9-24(23)27(31-30-26)29-22-14-12-20(13-15-22)28(33)36-2/h4-5,8-15,18H,3,6-7,16-17H2,1-2H3,(H,29,31). The molecule has 190 valence electrons. The van der Waals surface area contributed by atoms with Crippen molar-refractivity contribution < 1.29 is 17.9 Å². The lowest BCUT2D eigenvalue weighted by Gasteiger charge is -2.26. The summed E-state index contributed by atoms with van der Waals surface area (Å²) in [5.41, 5.74) is 3.20. The molecule has 0 spiro atoms. The molecule has 0 atom stereocenters. The van der Waals surface area contributed by atoms with E-state index in [1.54, 1.807) is 34.6 Å². The van der Waals surface area contributed by atoms with Crippen molar-refractivity contribution in [3.8, 4) is 11.3 Å². The average molecular weight is 517 g/mol. The largest absolute Gasteiger partial charge is 0.465 e. The minimum absolute atomic E-state index is 0.311. The van der Waals surface area contributed by atoms with Gasteiger partial charge in [0.15, 0.2) is 5.82 Å². The third kappa shape index (κ3) is 4.92. The summed E-state index contributed by atoms with van der Waals surface area (Å²) in [6.45, 7) is 2.92. The normalized spacial score (nSPS) is 14.4. The van der Waals surface area contributed by atoms with Gasteiger partial charge in [0.1, 0.15) is 5.69 Å². The number of nitrogens with one attached hydrogen (secondary N) is 1. The Labute approximate surface area is 216 Å². The highest BCUT2D eigenvalue weighted by atomic mass is 32.2.